The highest BCUT2D eigenvalue weighted by atomic mass is 19.1. The van der Waals surface area contributed by atoms with Crippen LogP contribution in [0.1, 0.15) is 44.6 Å². The van der Waals surface area contributed by atoms with Crippen LogP contribution in [0.15, 0.2) is 39.5 Å². The van der Waals surface area contributed by atoms with Gasteiger partial charge in [0.05, 0.1) is 12.6 Å². The van der Waals surface area contributed by atoms with Crippen molar-refractivity contribution in [3.05, 3.63) is 52.1 Å². The van der Waals surface area contributed by atoms with E-state index in [2.05, 4.69) is 21.8 Å². The number of alkyl halides is 1. The minimum absolute atomic E-state index is 0.0725. The number of Topliss-reactive ketones (excluding diaryl/α,β-unsaturated/α-hetero) is 1. The standard InChI is InChI=1S/C28H26FN3O5.C7H12FN/c1-13-7-8-21(34)19-12-32(11-18(13)19)26-23-24(30-28(31-26)36-3)14(2)25(37-27(23)35)17-10-16(33)9-15-5-4-6-20(29)22(15)17;8-6-4-7-2-1-3-9(7)5-6/h4-6,9-10,13,18-19,33H,7-8,11-12H2,1-3H3;6-7H,1-5H2. The number of fused-ring (bicyclic) bond motifs is 4. The predicted molar refractivity (Wildman–Crippen MR) is 171 cm³/mol. The molecule has 0 amide bonds. The number of benzene rings is 2. The fraction of sp³-hybridized carbons (Fsp3) is 0.486. The van der Waals surface area contributed by atoms with Crippen molar-refractivity contribution in [3.63, 3.8) is 0 Å². The molecule has 242 valence electrons. The summed E-state index contributed by atoms with van der Waals surface area (Å²) in [7, 11) is 1.44. The molecule has 4 aliphatic rings. The molecular formula is C35H38F2N4O5. The molecule has 46 heavy (non-hydrogen) atoms. The lowest BCUT2D eigenvalue weighted by Crippen LogP contribution is -2.32. The van der Waals surface area contributed by atoms with Gasteiger partial charge in [-0.05, 0) is 74.6 Å². The average Bonchev–Trinajstić information content (AvgIpc) is 3.76. The summed E-state index contributed by atoms with van der Waals surface area (Å²) < 4.78 is 38.7. The van der Waals surface area contributed by atoms with E-state index in [9.17, 15) is 23.5 Å². The van der Waals surface area contributed by atoms with Crippen molar-refractivity contribution < 1.29 is 27.8 Å². The Balaban J connectivity index is 0.000000321. The van der Waals surface area contributed by atoms with Gasteiger partial charge in [-0.3, -0.25) is 9.69 Å². The molecule has 1 N–H and O–H groups in total. The average molecular weight is 633 g/mol. The van der Waals surface area contributed by atoms with E-state index in [1.165, 1.54) is 38.2 Å². The Morgan fingerprint density at radius 3 is 2.67 bits per heavy atom. The summed E-state index contributed by atoms with van der Waals surface area (Å²) in [4.78, 5) is 39.4. The van der Waals surface area contributed by atoms with Crippen LogP contribution in [0.5, 0.6) is 11.8 Å². The van der Waals surface area contributed by atoms with Crippen molar-refractivity contribution in [2.45, 2.75) is 58.2 Å². The molecule has 8 rings (SSSR count). The van der Waals surface area contributed by atoms with Gasteiger partial charge in [-0.2, -0.15) is 9.97 Å². The number of rotatable bonds is 3. The predicted octanol–water partition coefficient (Wildman–Crippen LogP) is 5.81. The van der Waals surface area contributed by atoms with Gasteiger partial charge in [-0.1, -0.05) is 19.1 Å². The number of hydrogen-bond acceptors (Lipinski definition) is 9. The molecule has 0 radical (unpaired) electrons. The number of ether oxygens (including phenoxy) is 1. The van der Waals surface area contributed by atoms with Gasteiger partial charge in [-0.15, -0.1) is 0 Å². The Kier molecular flexibility index (Phi) is 7.91. The van der Waals surface area contributed by atoms with E-state index in [1.54, 1.807) is 19.1 Å². The van der Waals surface area contributed by atoms with Crippen LogP contribution in [0.4, 0.5) is 14.6 Å². The number of ketones is 1. The highest BCUT2D eigenvalue weighted by molar-refractivity contribution is 6.01. The van der Waals surface area contributed by atoms with E-state index in [0.717, 1.165) is 19.4 Å². The van der Waals surface area contributed by atoms with Gasteiger partial charge in [0, 0.05) is 54.5 Å². The van der Waals surface area contributed by atoms with Crippen molar-refractivity contribution in [1.29, 1.82) is 0 Å². The topological polar surface area (TPSA) is 109 Å². The Hall–Kier alpha value is -4.12. The van der Waals surface area contributed by atoms with Crippen LogP contribution in [0.25, 0.3) is 33.0 Å². The highest BCUT2D eigenvalue weighted by Crippen LogP contribution is 2.42. The minimum atomic E-state index is -0.685. The zero-order valence-electron chi connectivity index (χ0n) is 26.3. The van der Waals surface area contributed by atoms with Crippen LogP contribution in [0, 0.1) is 30.5 Å². The molecule has 3 aliphatic heterocycles. The van der Waals surface area contributed by atoms with Crippen LogP contribution in [0.3, 0.4) is 0 Å². The van der Waals surface area contributed by atoms with Crippen molar-refractivity contribution in [1.82, 2.24) is 14.9 Å². The largest absolute Gasteiger partial charge is 0.508 e. The maximum atomic E-state index is 14.9. The second-order valence-electron chi connectivity index (χ2n) is 13.2. The summed E-state index contributed by atoms with van der Waals surface area (Å²) >= 11 is 0. The summed E-state index contributed by atoms with van der Waals surface area (Å²) in [5, 5.41) is 11.2. The van der Waals surface area contributed by atoms with Crippen molar-refractivity contribution in [3.8, 4) is 23.1 Å². The smallest absolute Gasteiger partial charge is 0.349 e. The third-order valence-corrected chi connectivity index (χ3v) is 10.4. The third-order valence-electron chi connectivity index (χ3n) is 10.4. The first-order valence-corrected chi connectivity index (χ1v) is 16.1. The molecule has 11 heteroatoms. The Morgan fingerprint density at radius 2 is 1.91 bits per heavy atom. The fourth-order valence-corrected chi connectivity index (χ4v) is 8.05. The van der Waals surface area contributed by atoms with Crippen LogP contribution >= 0.6 is 0 Å². The lowest BCUT2D eigenvalue weighted by Gasteiger charge is -2.28. The minimum Gasteiger partial charge on any atom is -0.508 e. The van der Waals surface area contributed by atoms with Gasteiger partial charge in [0.15, 0.2) is 5.82 Å². The van der Waals surface area contributed by atoms with Gasteiger partial charge in [0.2, 0.25) is 0 Å². The molecule has 1 saturated carbocycles. The van der Waals surface area contributed by atoms with Gasteiger partial charge < -0.3 is 19.2 Å². The second kappa shape index (κ2) is 11.9. The van der Waals surface area contributed by atoms with Gasteiger partial charge in [-0.25, -0.2) is 13.6 Å². The number of aromatic hydroxyl groups is 1. The summed E-state index contributed by atoms with van der Waals surface area (Å²) in [6.45, 7) is 6.80. The summed E-state index contributed by atoms with van der Waals surface area (Å²) in [6, 6.07) is 8.05. The number of aromatic nitrogens is 2. The number of nitrogens with zero attached hydrogens (tertiary/aromatic N) is 4. The molecule has 0 bridgehead atoms. The zero-order valence-corrected chi connectivity index (χ0v) is 26.3. The molecule has 5 unspecified atom stereocenters. The highest BCUT2D eigenvalue weighted by Gasteiger charge is 2.44. The number of hydrogen-bond donors (Lipinski definition) is 1. The number of carbonyl (C=O) groups excluding carboxylic acids is 1. The first-order chi connectivity index (χ1) is 22.1. The molecular weight excluding hydrogens is 594 g/mol. The number of phenols is 1. The summed E-state index contributed by atoms with van der Waals surface area (Å²) in [6.07, 6.45) is 4.25. The maximum Gasteiger partial charge on any atom is 0.349 e. The van der Waals surface area contributed by atoms with Crippen molar-refractivity contribution in [2.24, 2.45) is 17.8 Å². The number of phenolic OH excluding ortho intramolecular Hbond substituents is 1. The molecule has 1 aliphatic carbocycles. The quantitative estimate of drug-likeness (QED) is 0.299. The van der Waals surface area contributed by atoms with Crippen LogP contribution in [-0.2, 0) is 4.79 Å². The zero-order chi connectivity index (χ0) is 32.3. The van der Waals surface area contributed by atoms with Crippen LogP contribution < -0.4 is 15.3 Å². The SMILES string of the molecule is COc1nc(N2CC3C(=O)CCC(C)C3C2)c2c(=O)oc(-c3cc(O)cc4cccc(F)c34)c(C)c2n1.FC1CC2CCCN2C1. The van der Waals surface area contributed by atoms with Crippen molar-refractivity contribution in [2.75, 3.05) is 38.2 Å². The normalized spacial score (nSPS) is 25.9. The number of aryl methyl sites for hydroxylation is 1. The molecule has 9 nitrogen and oxygen atoms in total. The number of carbonyl (C=O) groups is 1. The molecule has 5 heterocycles. The Morgan fingerprint density at radius 1 is 1.09 bits per heavy atom. The first kappa shape index (κ1) is 30.5. The third kappa shape index (κ3) is 5.28. The van der Waals surface area contributed by atoms with Gasteiger partial charge in [0.1, 0.15) is 34.7 Å². The molecule has 4 fully saturated rings. The lowest BCUT2D eigenvalue weighted by molar-refractivity contribution is -0.126. The molecule has 4 aromatic rings. The molecule has 3 saturated heterocycles. The van der Waals surface area contributed by atoms with E-state index < -0.39 is 17.6 Å². The number of anilines is 1. The monoisotopic (exact) mass is 632 g/mol. The molecule has 0 spiro atoms. The van der Waals surface area contributed by atoms with E-state index in [1.807, 2.05) is 4.90 Å². The Bertz CT molecular complexity index is 1890. The van der Waals surface area contributed by atoms with E-state index in [4.69, 9.17) is 9.15 Å². The Labute approximate surface area is 265 Å². The van der Waals surface area contributed by atoms with E-state index in [-0.39, 0.29) is 51.5 Å². The van der Waals surface area contributed by atoms with Crippen LogP contribution in [-0.4, -0.2) is 71.3 Å². The summed E-state index contributed by atoms with van der Waals surface area (Å²) in [5.74, 6) is 0.602. The molecule has 2 aromatic heterocycles. The first-order valence-electron chi connectivity index (χ1n) is 16.1. The molecule has 5 atom stereocenters. The van der Waals surface area contributed by atoms with Gasteiger partial charge >= 0.3 is 11.6 Å². The van der Waals surface area contributed by atoms with E-state index in [0.29, 0.717) is 60.3 Å². The second-order valence-corrected chi connectivity index (χ2v) is 13.2. The number of halogens is 2. The fourth-order valence-electron chi connectivity index (χ4n) is 8.05. The van der Waals surface area contributed by atoms with E-state index >= 15 is 0 Å². The number of methoxy groups -OCH3 is 1. The van der Waals surface area contributed by atoms with Crippen LogP contribution in [0.2, 0.25) is 0 Å². The maximum absolute atomic E-state index is 14.9. The van der Waals surface area contributed by atoms with Crippen molar-refractivity contribution >= 4 is 33.3 Å². The van der Waals surface area contributed by atoms with Gasteiger partial charge in [0.25, 0.3) is 0 Å². The lowest BCUT2D eigenvalue weighted by atomic mass is 9.74. The molecule has 2 aromatic carbocycles. The summed E-state index contributed by atoms with van der Waals surface area (Å²) in [5.41, 5.74) is 0.355.